The minimum absolute atomic E-state index is 0.106. The van der Waals surface area contributed by atoms with Crippen LogP contribution in [-0.4, -0.2) is 75.8 Å². The molecule has 9 nitrogen and oxygen atoms in total. The summed E-state index contributed by atoms with van der Waals surface area (Å²) in [7, 11) is 0. The third-order valence-corrected chi connectivity index (χ3v) is 6.62. The molecule has 1 unspecified atom stereocenters. The second-order valence-electron chi connectivity index (χ2n) is 10.5. The van der Waals surface area contributed by atoms with Gasteiger partial charge in [-0.05, 0) is 12.3 Å². The maximum absolute atomic E-state index is 12.4. The number of carbonyl (C=O) groups excluding carboxylic acids is 2. The van der Waals surface area contributed by atoms with Gasteiger partial charge < -0.3 is 36.8 Å². The number of unbranched alkanes of at least 4 members (excludes halogenated alkanes) is 10. The Labute approximate surface area is 218 Å². The topological polar surface area (TPSA) is 165 Å². The molecule has 0 aromatic rings. The van der Waals surface area contributed by atoms with E-state index in [4.69, 9.17) is 15.9 Å². The molecule has 0 aliphatic carbocycles. The van der Waals surface area contributed by atoms with E-state index in [-0.39, 0.29) is 18.8 Å². The lowest BCUT2D eigenvalue weighted by Crippen LogP contribution is -2.54. The monoisotopic (exact) mass is 517 g/mol. The summed E-state index contributed by atoms with van der Waals surface area (Å²) in [6.45, 7) is 4.92. The van der Waals surface area contributed by atoms with Crippen LogP contribution in [0.4, 0.5) is 0 Å². The SMILES string of the molecule is CCCCCCCCCCCCC[C@@H](O)C[C@@H](O)[C@H](N)CC(=O)NC(C(=O)NC(CO)CO)C(C)C. The van der Waals surface area contributed by atoms with Gasteiger partial charge in [-0.25, -0.2) is 0 Å². The number of hydrogen-bond acceptors (Lipinski definition) is 7. The van der Waals surface area contributed by atoms with E-state index >= 15 is 0 Å². The van der Waals surface area contributed by atoms with Crippen LogP contribution in [0, 0.1) is 5.92 Å². The number of rotatable bonds is 23. The van der Waals surface area contributed by atoms with Crippen molar-refractivity contribution in [1.82, 2.24) is 10.6 Å². The maximum atomic E-state index is 12.4. The van der Waals surface area contributed by atoms with E-state index in [0.29, 0.717) is 6.42 Å². The summed E-state index contributed by atoms with van der Waals surface area (Å²) in [6, 6.07) is -2.54. The van der Waals surface area contributed by atoms with Gasteiger partial charge in [-0.2, -0.15) is 0 Å². The smallest absolute Gasteiger partial charge is 0.243 e. The zero-order chi connectivity index (χ0) is 27.3. The van der Waals surface area contributed by atoms with Crippen molar-refractivity contribution in [3.05, 3.63) is 0 Å². The second-order valence-corrected chi connectivity index (χ2v) is 10.5. The number of carbonyl (C=O) groups is 2. The van der Waals surface area contributed by atoms with Crippen molar-refractivity contribution in [2.75, 3.05) is 13.2 Å². The molecule has 36 heavy (non-hydrogen) atoms. The summed E-state index contributed by atoms with van der Waals surface area (Å²) in [6.07, 6.45) is 12.4. The Hall–Kier alpha value is -1.26. The second kappa shape index (κ2) is 21.8. The molecule has 8 N–H and O–H groups in total. The van der Waals surface area contributed by atoms with Gasteiger partial charge in [0.25, 0.3) is 0 Å². The van der Waals surface area contributed by atoms with E-state index in [2.05, 4.69) is 17.6 Å². The van der Waals surface area contributed by atoms with E-state index in [0.717, 1.165) is 19.3 Å². The van der Waals surface area contributed by atoms with Crippen molar-refractivity contribution in [2.45, 2.75) is 141 Å². The zero-order valence-electron chi connectivity index (χ0n) is 23.0. The molecule has 214 valence electrons. The van der Waals surface area contributed by atoms with Crippen molar-refractivity contribution in [2.24, 2.45) is 11.7 Å². The molecule has 0 aromatic heterocycles. The summed E-state index contributed by atoms with van der Waals surface area (Å²) in [5.74, 6) is -1.23. The molecule has 0 aliphatic rings. The van der Waals surface area contributed by atoms with Crippen LogP contribution < -0.4 is 16.4 Å². The third kappa shape index (κ3) is 17.2. The summed E-state index contributed by atoms with van der Waals surface area (Å²) in [4.78, 5) is 24.8. The number of nitrogens with one attached hydrogen (secondary N) is 2. The third-order valence-electron chi connectivity index (χ3n) is 6.62. The van der Waals surface area contributed by atoms with Crippen LogP contribution in [0.5, 0.6) is 0 Å². The number of nitrogens with two attached hydrogens (primary N) is 1. The minimum atomic E-state index is -1.03. The Morgan fingerprint density at radius 1 is 0.806 bits per heavy atom. The number of amides is 2. The first-order chi connectivity index (χ1) is 17.2. The highest BCUT2D eigenvalue weighted by Gasteiger charge is 2.28. The summed E-state index contributed by atoms with van der Waals surface area (Å²) >= 11 is 0. The highest BCUT2D eigenvalue weighted by Crippen LogP contribution is 2.15. The molecule has 0 saturated heterocycles. The van der Waals surface area contributed by atoms with Gasteiger partial charge in [-0.1, -0.05) is 91.4 Å². The molecule has 0 aliphatic heterocycles. The summed E-state index contributed by atoms with van der Waals surface area (Å²) in [5.41, 5.74) is 5.99. The molecule has 0 bridgehead atoms. The minimum Gasteiger partial charge on any atom is -0.394 e. The van der Waals surface area contributed by atoms with Crippen LogP contribution in [0.25, 0.3) is 0 Å². The van der Waals surface area contributed by atoms with Gasteiger partial charge in [0.05, 0.1) is 31.5 Å². The van der Waals surface area contributed by atoms with Crippen LogP contribution in [0.15, 0.2) is 0 Å². The largest absolute Gasteiger partial charge is 0.394 e. The predicted octanol–water partition coefficient (Wildman–Crippen LogP) is 2.13. The van der Waals surface area contributed by atoms with Gasteiger partial charge in [-0.3, -0.25) is 9.59 Å². The number of hydrogen-bond donors (Lipinski definition) is 7. The lowest BCUT2D eigenvalue weighted by molar-refractivity contribution is -0.131. The Kier molecular flexibility index (Phi) is 21.0. The molecule has 0 aromatic carbocycles. The lowest BCUT2D eigenvalue weighted by Gasteiger charge is -2.26. The summed E-state index contributed by atoms with van der Waals surface area (Å²) < 4.78 is 0. The number of aliphatic hydroxyl groups is 4. The van der Waals surface area contributed by atoms with Crippen LogP contribution in [0.3, 0.4) is 0 Å². The molecule has 0 heterocycles. The van der Waals surface area contributed by atoms with Crippen molar-refractivity contribution >= 4 is 11.8 Å². The van der Waals surface area contributed by atoms with E-state index in [1.165, 1.54) is 51.4 Å². The average Bonchev–Trinajstić information content (AvgIpc) is 2.83. The lowest BCUT2D eigenvalue weighted by atomic mass is 9.97. The fourth-order valence-corrected chi connectivity index (χ4v) is 4.17. The zero-order valence-corrected chi connectivity index (χ0v) is 23.0. The highest BCUT2D eigenvalue weighted by atomic mass is 16.3. The van der Waals surface area contributed by atoms with E-state index < -0.39 is 55.4 Å². The fourth-order valence-electron chi connectivity index (χ4n) is 4.17. The Bertz CT molecular complexity index is 560. The van der Waals surface area contributed by atoms with Crippen molar-refractivity contribution < 1.29 is 30.0 Å². The normalized spacial score (nSPS) is 15.1. The van der Waals surface area contributed by atoms with Crippen LogP contribution in [0.1, 0.15) is 111 Å². The molecule has 0 radical (unpaired) electrons. The van der Waals surface area contributed by atoms with E-state index in [9.17, 15) is 19.8 Å². The molecule has 2 amide bonds. The van der Waals surface area contributed by atoms with Gasteiger partial charge in [0.1, 0.15) is 6.04 Å². The Morgan fingerprint density at radius 2 is 1.31 bits per heavy atom. The van der Waals surface area contributed by atoms with Crippen molar-refractivity contribution in [1.29, 1.82) is 0 Å². The van der Waals surface area contributed by atoms with Crippen molar-refractivity contribution in [3.8, 4) is 0 Å². The first-order valence-corrected chi connectivity index (χ1v) is 14.1. The van der Waals surface area contributed by atoms with Crippen LogP contribution in [0.2, 0.25) is 0 Å². The number of aliphatic hydroxyl groups excluding tert-OH is 4. The molecule has 0 saturated carbocycles. The van der Waals surface area contributed by atoms with Gasteiger partial charge >= 0.3 is 0 Å². The first-order valence-electron chi connectivity index (χ1n) is 14.1. The molecule has 9 heteroatoms. The van der Waals surface area contributed by atoms with Crippen LogP contribution >= 0.6 is 0 Å². The van der Waals surface area contributed by atoms with Gasteiger partial charge in [-0.15, -0.1) is 0 Å². The van der Waals surface area contributed by atoms with Crippen LogP contribution in [-0.2, 0) is 9.59 Å². The Morgan fingerprint density at radius 3 is 1.78 bits per heavy atom. The maximum Gasteiger partial charge on any atom is 0.243 e. The van der Waals surface area contributed by atoms with Gasteiger partial charge in [0.15, 0.2) is 0 Å². The standard InChI is InChI=1S/C27H55N3O6/c1-4-5-6-7-8-9-10-11-12-13-14-15-22(33)16-24(34)23(28)17-25(35)30-26(20(2)3)27(36)29-21(18-31)19-32/h20-24,26,31-34H,4-19,28H2,1-3H3,(H,29,36)(H,30,35)/t22-,23-,24-,26?/m1/s1. The molecular formula is C27H55N3O6. The molecule has 4 atom stereocenters. The van der Waals surface area contributed by atoms with E-state index in [1.807, 2.05) is 0 Å². The predicted molar refractivity (Wildman–Crippen MR) is 143 cm³/mol. The molecular weight excluding hydrogens is 462 g/mol. The Balaban J connectivity index is 4.16. The highest BCUT2D eigenvalue weighted by molar-refractivity contribution is 5.88. The van der Waals surface area contributed by atoms with Gasteiger partial charge in [0.2, 0.25) is 11.8 Å². The van der Waals surface area contributed by atoms with Crippen molar-refractivity contribution in [3.63, 3.8) is 0 Å². The average molecular weight is 518 g/mol. The quantitative estimate of drug-likeness (QED) is 0.102. The summed E-state index contributed by atoms with van der Waals surface area (Å²) in [5, 5.41) is 44.0. The van der Waals surface area contributed by atoms with Gasteiger partial charge in [0, 0.05) is 18.9 Å². The molecule has 0 fully saturated rings. The first kappa shape index (κ1) is 34.7. The van der Waals surface area contributed by atoms with E-state index in [1.54, 1.807) is 13.8 Å². The molecule has 0 spiro atoms. The molecule has 0 rings (SSSR count). The fraction of sp³-hybridized carbons (Fsp3) is 0.926.